The maximum Gasteiger partial charge on any atom is 0.312 e. The summed E-state index contributed by atoms with van der Waals surface area (Å²) in [4.78, 5) is 0. The van der Waals surface area contributed by atoms with Crippen LogP contribution in [0.5, 0.6) is 0 Å². The van der Waals surface area contributed by atoms with Gasteiger partial charge in [0.05, 0.1) is 13.2 Å². The molecule has 6 heteroatoms. The molecule has 0 aliphatic carbocycles. The lowest BCUT2D eigenvalue weighted by Crippen LogP contribution is -2.30. The maximum atomic E-state index is 5.61. The number of ether oxygens (including phenoxy) is 2. The van der Waals surface area contributed by atoms with Gasteiger partial charge in [-0.3, -0.25) is 0 Å². The van der Waals surface area contributed by atoms with Crippen LogP contribution in [-0.4, -0.2) is 30.0 Å². The summed E-state index contributed by atoms with van der Waals surface area (Å²) >= 11 is 0. The smallest absolute Gasteiger partial charge is 0.312 e. The fourth-order valence-corrected chi connectivity index (χ4v) is 1.59. The van der Waals surface area contributed by atoms with Gasteiger partial charge < -0.3 is 19.6 Å². The van der Waals surface area contributed by atoms with E-state index in [1.165, 1.54) is 0 Å². The minimum absolute atomic E-state index is 0.0611. The lowest BCUT2D eigenvalue weighted by molar-refractivity contribution is -0.0656. The largest absolute Gasteiger partial charge is 0.405 e. The fourth-order valence-electron chi connectivity index (χ4n) is 1.59. The molecule has 2 N–H and O–H groups in total. The third kappa shape index (κ3) is 1.46. The van der Waals surface area contributed by atoms with E-state index < -0.39 is 5.60 Å². The topological polar surface area (TPSA) is 83.4 Å². The van der Waals surface area contributed by atoms with Crippen molar-refractivity contribution in [3.05, 3.63) is 5.89 Å². The average molecular weight is 199 g/mol. The molecule has 1 saturated heterocycles. The molecule has 0 radical (unpaired) electrons. The van der Waals surface area contributed by atoms with E-state index in [1.807, 2.05) is 6.92 Å². The molecule has 1 fully saturated rings. The summed E-state index contributed by atoms with van der Waals surface area (Å²) in [5, 5.41) is 7.46. The molecule has 1 aliphatic rings. The van der Waals surface area contributed by atoms with E-state index in [1.54, 1.807) is 0 Å². The normalized spacial score (nSPS) is 26.9. The van der Waals surface area contributed by atoms with Gasteiger partial charge in [0.1, 0.15) is 0 Å². The molecular weight excluding hydrogens is 186 g/mol. The Kier molecular flexibility index (Phi) is 2.39. The highest BCUT2D eigenvalue weighted by atomic mass is 16.6. The number of hydrogen-bond acceptors (Lipinski definition) is 6. The first kappa shape index (κ1) is 9.42. The molecular formula is C8H13N3O3. The Labute approximate surface area is 81.4 Å². The summed E-state index contributed by atoms with van der Waals surface area (Å²) in [5.74, 6) is 0.411. The van der Waals surface area contributed by atoms with Crippen molar-refractivity contribution in [2.45, 2.75) is 18.9 Å². The van der Waals surface area contributed by atoms with Crippen molar-refractivity contribution in [3.63, 3.8) is 0 Å². The third-order valence-electron chi connectivity index (χ3n) is 2.24. The van der Waals surface area contributed by atoms with Crippen LogP contribution in [0.3, 0.4) is 0 Å². The van der Waals surface area contributed by atoms with Crippen LogP contribution in [0, 0.1) is 0 Å². The lowest BCUT2D eigenvalue weighted by Gasteiger charge is -2.22. The molecule has 1 aromatic heterocycles. The molecule has 2 rings (SSSR count). The van der Waals surface area contributed by atoms with Gasteiger partial charge in [0, 0.05) is 13.0 Å². The van der Waals surface area contributed by atoms with Crippen molar-refractivity contribution in [1.29, 1.82) is 0 Å². The minimum Gasteiger partial charge on any atom is -0.405 e. The predicted octanol–water partition coefficient (Wildman–Crippen LogP) is 0.304. The second-order valence-electron chi connectivity index (χ2n) is 3.18. The number of aromatic nitrogens is 2. The number of hydrogen-bond donors (Lipinski definition) is 1. The van der Waals surface area contributed by atoms with Crippen LogP contribution in [0.1, 0.15) is 19.2 Å². The number of nitrogens with zero attached hydrogens (tertiary/aromatic N) is 2. The van der Waals surface area contributed by atoms with Gasteiger partial charge in [-0.05, 0) is 6.92 Å². The third-order valence-corrected chi connectivity index (χ3v) is 2.24. The summed E-state index contributed by atoms with van der Waals surface area (Å²) in [5.41, 5.74) is 4.78. The van der Waals surface area contributed by atoms with E-state index in [0.717, 1.165) is 6.42 Å². The van der Waals surface area contributed by atoms with Gasteiger partial charge in [0.15, 0.2) is 5.60 Å². The highest BCUT2D eigenvalue weighted by molar-refractivity contribution is 5.10. The van der Waals surface area contributed by atoms with Crippen molar-refractivity contribution in [3.8, 4) is 0 Å². The molecule has 1 atom stereocenters. The summed E-state index contributed by atoms with van der Waals surface area (Å²) in [7, 11) is 0. The average Bonchev–Trinajstić information content (AvgIpc) is 2.75. The SMILES string of the molecule is CCOC1(c2nnc(N)o2)CCOC1. The Morgan fingerprint density at radius 3 is 2.93 bits per heavy atom. The Morgan fingerprint density at radius 2 is 2.43 bits per heavy atom. The summed E-state index contributed by atoms with van der Waals surface area (Å²) < 4.78 is 16.1. The van der Waals surface area contributed by atoms with Gasteiger partial charge in [0.25, 0.3) is 5.89 Å². The number of anilines is 1. The van der Waals surface area contributed by atoms with E-state index in [4.69, 9.17) is 19.6 Å². The maximum absolute atomic E-state index is 5.61. The zero-order valence-electron chi connectivity index (χ0n) is 8.02. The monoisotopic (exact) mass is 199 g/mol. The number of nitrogen functional groups attached to an aromatic ring is 1. The lowest BCUT2D eigenvalue weighted by atomic mass is 10.0. The van der Waals surface area contributed by atoms with Crippen LogP contribution in [0.2, 0.25) is 0 Å². The van der Waals surface area contributed by atoms with Crippen LogP contribution < -0.4 is 5.73 Å². The van der Waals surface area contributed by atoms with E-state index in [2.05, 4.69) is 10.2 Å². The van der Waals surface area contributed by atoms with Crippen LogP contribution in [0.25, 0.3) is 0 Å². The molecule has 0 amide bonds. The first-order chi connectivity index (χ1) is 6.77. The number of nitrogens with two attached hydrogens (primary N) is 1. The van der Waals surface area contributed by atoms with E-state index in [9.17, 15) is 0 Å². The molecule has 1 aliphatic heterocycles. The molecule has 2 heterocycles. The highest BCUT2D eigenvalue weighted by Gasteiger charge is 2.42. The molecule has 6 nitrogen and oxygen atoms in total. The predicted molar refractivity (Wildman–Crippen MR) is 47.5 cm³/mol. The highest BCUT2D eigenvalue weighted by Crippen LogP contribution is 2.33. The summed E-state index contributed by atoms with van der Waals surface area (Å²) in [6.07, 6.45) is 0.725. The van der Waals surface area contributed by atoms with Gasteiger partial charge in [-0.2, -0.15) is 0 Å². The van der Waals surface area contributed by atoms with Gasteiger partial charge in [-0.15, -0.1) is 5.10 Å². The summed E-state index contributed by atoms with van der Waals surface area (Å²) in [6, 6.07) is 0.0611. The van der Waals surface area contributed by atoms with Gasteiger partial charge in [0.2, 0.25) is 0 Å². The van der Waals surface area contributed by atoms with Crippen molar-refractivity contribution in [2.24, 2.45) is 0 Å². The Morgan fingerprint density at radius 1 is 1.57 bits per heavy atom. The van der Waals surface area contributed by atoms with Crippen molar-refractivity contribution in [2.75, 3.05) is 25.6 Å². The fraction of sp³-hybridized carbons (Fsp3) is 0.750. The zero-order valence-corrected chi connectivity index (χ0v) is 8.02. The Hall–Kier alpha value is -1.14. The zero-order chi connectivity index (χ0) is 10.0. The van der Waals surface area contributed by atoms with E-state index in [-0.39, 0.29) is 6.01 Å². The van der Waals surface area contributed by atoms with Crippen LogP contribution in [0.4, 0.5) is 6.01 Å². The number of rotatable bonds is 3. The molecule has 1 unspecified atom stereocenters. The first-order valence-corrected chi connectivity index (χ1v) is 4.58. The molecule has 0 bridgehead atoms. The first-order valence-electron chi connectivity index (χ1n) is 4.58. The second kappa shape index (κ2) is 3.55. The van der Waals surface area contributed by atoms with Gasteiger partial charge in [-0.1, -0.05) is 5.10 Å². The van der Waals surface area contributed by atoms with E-state index in [0.29, 0.717) is 25.7 Å². The molecule has 14 heavy (non-hydrogen) atoms. The summed E-state index contributed by atoms with van der Waals surface area (Å²) in [6.45, 7) is 3.58. The quantitative estimate of drug-likeness (QED) is 0.754. The van der Waals surface area contributed by atoms with Crippen LogP contribution in [0.15, 0.2) is 4.42 Å². The minimum atomic E-state index is -0.584. The van der Waals surface area contributed by atoms with Crippen LogP contribution in [-0.2, 0) is 15.1 Å². The Bertz CT molecular complexity index is 307. The van der Waals surface area contributed by atoms with Crippen LogP contribution >= 0.6 is 0 Å². The molecule has 0 aromatic carbocycles. The van der Waals surface area contributed by atoms with Gasteiger partial charge >= 0.3 is 6.01 Å². The van der Waals surface area contributed by atoms with Crippen molar-refractivity contribution < 1.29 is 13.9 Å². The molecule has 78 valence electrons. The Balaban J connectivity index is 2.26. The van der Waals surface area contributed by atoms with Crippen molar-refractivity contribution >= 4 is 6.01 Å². The molecule has 1 aromatic rings. The van der Waals surface area contributed by atoms with Gasteiger partial charge in [-0.25, -0.2) is 0 Å². The molecule has 0 saturated carbocycles. The van der Waals surface area contributed by atoms with E-state index >= 15 is 0 Å². The standard InChI is InChI=1S/C8H13N3O3/c1-2-13-8(3-4-12-5-8)6-10-11-7(9)14-6/h2-5H2,1H3,(H2,9,11). The molecule has 0 spiro atoms. The second-order valence-corrected chi connectivity index (χ2v) is 3.18. The van der Waals surface area contributed by atoms with Crippen molar-refractivity contribution in [1.82, 2.24) is 10.2 Å².